The number of carbonyl (C=O) groups is 1. The predicted octanol–water partition coefficient (Wildman–Crippen LogP) is 2.54. The van der Waals surface area contributed by atoms with Gasteiger partial charge in [0.15, 0.2) is 17.5 Å². The second kappa shape index (κ2) is 6.67. The zero-order chi connectivity index (χ0) is 18.0. The number of rotatable bonds is 4. The van der Waals surface area contributed by atoms with E-state index in [0.29, 0.717) is 11.6 Å². The predicted molar refractivity (Wildman–Crippen MR) is 78.2 cm³/mol. The molecule has 0 unspecified atom stereocenters. The van der Waals surface area contributed by atoms with Crippen LogP contribution in [0.1, 0.15) is 0 Å². The van der Waals surface area contributed by atoms with Gasteiger partial charge in [0, 0.05) is 5.56 Å². The van der Waals surface area contributed by atoms with E-state index in [1.807, 2.05) is 0 Å². The van der Waals surface area contributed by atoms with E-state index in [4.69, 9.17) is 0 Å². The second-order valence-electron chi connectivity index (χ2n) is 4.92. The van der Waals surface area contributed by atoms with Gasteiger partial charge in [0.1, 0.15) is 12.4 Å². The monoisotopic (exact) mass is 351 g/mol. The van der Waals surface area contributed by atoms with E-state index in [0.717, 1.165) is 10.9 Å². The average molecular weight is 351 g/mol. The molecule has 1 heterocycles. The summed E-state index contributed by atoms with van der Waals surface area (Å²) in [5.41, 5.74) is -0.160. The van der Waals surface area contributed by atoms with Crippen LogP contribution in [0.5, 0.6) is 0 Å². The summed E-state index contributed by atoms with van der Waals surface area (Å²) in [5, 5.41) is 13.3. The molecule has 0 atom stereocenters. The van der Waals surface area contributed by atoms with E-state index in [-0.39, 0.29) is 5.82 Å². The molecule has 0 saturated heterocycles. The number of carbonyl (C=O) groups excluding carboxylic acids is 1. The Labute approximate surface area is 138 Å². The lowest BCUT2D eigenvalue weighted by Gasteiger charge is -2.06. The first-order valence-corrected chi connectivity index (χ1v) is 6.91. The number of hydrogen-bond acceptors (Lipinski definition) is 4. The van der Waals surface area contributed by atoms with Gasteiger partial charge >= 0.3 is 0 Å². The Morgan fingerprint density at radius 2 is 1.88 bits per heavy atom. The van der Waals surface area contributed by atoms with Crippen LogP contribution < -0.4 is 5.32 Å². The summed E-state index contributed by atoms with van der Waals surface area (Å²) >= 11 is 0. The maximum Gasteiger partial charge on any atom is 0.248 e. The highest BCUT2D eigenvalue weighted by Crippen LogP contribution is 2.19. The minimum atomic E-state index is -1.69. The third-order valence-electron chi connectivity index (χ3n) is 3.13. The van der Waals surface area contributed by atoms with Crippen LogP contribution in [0, 0.1) is 23.3 Å². The molecule has 10 heteroatoms. The molecule has 25 heavy (non-hydrogen) atoms. The van der Waals surface area contributed by atoms with Crippen molar-refractivity contribution >= 4 is 11.6 Å². The summed E-state index contributed by atoms with van der Waals surface area (Å²) in [4.78, 5) is 12.7. The Hall–Kier alpha value is -3.30. The summed E-state index contributed by atoms with van der Waals surface area (Å²) in [7, 11) is 0. The molecular weight excluding hydrogens is 342 g/mol. The zero-order valence-electron chi connectivity index (χ0n) is 12.4. The molecule has 1 aromatic heterocycles. The molecule has 0 spiro atoms. The van der Waals surface area contributed by atoms with Crippen LogP contribution in [0.2, 0.25) is 0 Å². The molecule has 0 radical (unpaired) electrons. The normalized spacial score (nSPS) is 10.7. The summed E-state index contributed by atoms with van der Waals surface area (Å²) in [6.07, 6.45) is 0. The second-order valence-corrected chi connectivity index (χ2v) is 4.92. The first-order chi connectivity index (χ1) is 11.9. The first-order valence-electron chi connectivity index (χ1n) is 6.91. The van der Waals surface area contributed by atoms with Crippen LogP contribution in [-0.2, 0) is 11.3 Å². The number of hydrogen-bond donors (Lipinski definition) is 1. The van der Waals surface area contributed by atoms with E-state index in [1.54, 1.807) is 6.07 Å². The number of nitrogens with zero attached hydrogens (tertiary/aromatic N) is 4. The SMILES string of the molecule is O=C(Cn1nnc(-c2cccc(F)c2)n1)Nc1ccc(F)c(F)c1F. The highest BCUT2D eigenvalue weighted by molar-refractivity contribution is 5.90. The lowest BCUT2D eigenvalue weighted by molar-refractivity contribution is -0.117. The fourth-order valence-corrected chi connectivity index (χ4v) is 1.99. The van der Waals surface area contributed by atoms with Gasteiger partial charge in [-0.15, -0.1) is 10.2 Å². The molecule has 3 rings (SSSR count). The highest BCUT2D eigenvalue weighted by atomic mass is 19.2. The number of aromatic nitrogens is 4. The molecule has 128 valence electrons. The van der Waals surface area contributed by atoms with Crippen LogP contribution in [-0.4, -0.2) is 26.1 Å². The topological polar surface area (TPSA) is 72.7 Å². The third kappa shape index (κ3) is 3.62. The Morgan fingerprint density at radius 1 is 1.08 bits per heavy atom. The molecule has 3 aromatic rings. The van der Waals surface area contributed by atoms with Gasteiger partial charge in [0.2, 0.25) is 11.7 Å². The molecule has 0 fully saturated rings. The number of amides is 1. The number of tetrazole rings is 1. The fourth-order valence-electron chi connectivity index (χ4n) is 1.99. The van der Waals surface area contributed by atoms with Crippen molar-refractivity contribution in [3.8, 4) is 11.4 Å². The van der Waals surface area contributed by atoms with E-state index in [9.17, 15) is 22.4 Å². The molecule has 0 aliphatic carbocycles. The summed E-state index contributed by atoms with van der Waals surface area (Å²) in [5.74, 6) is -5.75. The van der Waals surface area contributed by atoms with Crippen molar-refractivity contribution in [3.05, 3.63) is 59.7 Å². The zero-order valence-corrected chi connectivity index (χ0v) is 12.4. The number of nitrogens with one attached hydrogen (secondary N) is 1. The van der Waals surface area contributed by atoms with Crippen molar-refractivity contribution in [2.45, 2.75) is 6.54 Å². The lowest BCUT2D eigenvalue weighted by atomic mass is 10.2. The molecule has 0 saturated carbocycles. The summed E-state index contributed by atoms with van der Waals surface area (Å²) in [6, 6.07) is 7.03. The Morgan fingerprint density at radius 3 is 2.64 bits per heavy atom. The smallest absolute Gasteiger partial charge is 0.248 e. The average Bonchev–Trinajstić information content (AvgIpc) is 3.04. The van der Waals surface area contributed by atoms with E-state index < -0.39 is 41.4 Å². The van der Waals surface area contributed by atoms with Gasteiger partial charge in [-0.3, -0.25) is 4.79 Å². The quantitative estimate of drug-likeness (QED) is 0.579. The molecule has 2 aromatic carbocycles. The molecule has 0 aliphatic rings. The lowest BCUT2D eigenvalue weighted by Crippen LogP contribution is -2.21. The van der Waals surface area contributed by atoms with Gasteiger partial charge in [0.25, 0.3) is 0 Å². The van der Waals surface area contributed by atoms with Crippen LogP contribution >= 0.6 is 0 Å². The Bertz CT molecular complexity index is 943. The van der Waals surface area contributed by atoms with Crippen LogP contribution in [0.15, 0.2) is 36.4 Å². The first kappa shape index (κ1) is 16.6. The maximum atomic E-state index is 13.5. The van der Waals surface area contributed by atoms with E-state index in [1.165, 1.54) is 18.2 Å². The van der Waals surface area contributed by atoms with Crippen molar-refractivity contribution in [1.29, 1.82) is 0 Å². The minimum Gasteiger partial charge on any atom is -0.322 e. The van der Waals surface area contributed by atoms with Gasteiger partial charge in [-0.2, -0.15) is 4.80 Å². The van der Waals surface area contributed by atoms with Crippen LogP contribution in [0.4, 0.5) is 23.2 Å². The Balaban J connectivity index is 1.71. The van der Waals surface area contributed by atoms with Crippen molar-refractivity contribution in [3.63, 3.8) is 0 Å². The summed E-state index contributed by atoms with van der Waals surface area (Å²) in [6.45, 7) is -0.458. The number of benzene rings is 2. The summed E-state index contributed by atoms with van der Waals surface area (Å²) < 4.78 is 52.7. The molecule has 0 aliphatic heterocycles. The van der Waals surface area contributed by atoms with Crippen molar-refractivity contribution in [1.82, 2.24) is 20.2 Å². The molecule has 1 N–H and O–H groups in total. The van der Waals surface area contributed by atoms with Gasteiger partial charge in [-0.25, -0.2) is 17.6 Å². The van der Waals surface area contributed by atoms with Crippen molar-refractivity contribution in [2.24, 2.45) is 0 Å². The Kier molecular flexibility index (Phi) is 4.42. The number of anilines is 1. The third-order valence-corrected chi connectivity index (χ3v) is 3.13. The molecule has 6 nitrogen and oxygen atoms in total. The van der Waals surface area contributed by atoms with Gasteiger partial charge in [0.05, 0.1) is 5.69 Å². The molecular formula is C15H9F4N5O. The van der Waals surface area contributed by atoms with Crippen LogP contribution in [0.25, 0.3) is 11.4 Å². The minimum absolute atomic E-state index is 0.0892. The molecule has 1 amide bonds. The van der Waals surface area contributed by atoms with Crippen molar-refractivity contribution in [2.75, 3.05) is 5.32 Å². The van der Waals surface area contributed by atoms with E-state index in [2.05, 4.69) is 20.7 Å². The standard InChI is InChI=1S/C15H9F4N5O/c16-9-3-1-2-8(6-9)15-21-23-24(22-15)7-12(25)20-11-5-4-10(17)13(18)14(11)19/h1-6H,7H2,(H,20,25). The van der Waals surface area contributed by atoms with Gasteiger partial charge in [-0.1, -0.05) is 12.1 Å². The van der Waals surface area contributed by atoms with Gasteiger partial charge in [-0.05, 0) is 29.5 Å². The maximum absolute atomic E-state index is 13.5. The van der Waals surface area contributed by atoms with Crippen LogP contribution in [0.3, 0.4) is 0 Å². The van der Waals surface area contributed by atoms with Crippen molar-refractivity contribution < 1.29 is 22.4 Å². The number of halogens is 4. The molecule has 0 bridgehead atoms. The van der Waals surface area contributed by atoms with E-state index >= 15 is 0 Å². The highest BCUT2D eigenvalue weighted by Gasteiger charge is 2.16. The largest absolute Gasteiger partial charge is 0.322 e. The van der Waals surface area contributed by atoms with Gasteiger partial charge < -0.3 is 5.32 Å². The fraction of sp³-hybridized carbons (Fsp3) is 0.0667.